The van der Waals surface area contributed by atoms with Gasteiger partial charge in [-0.15, -0.1) is 0 Å². The van der Waals surface area contributed by atoms with Crippen molar-refractivity contribution in [3.63, 3.8) is 0 Å². The van der Waals surface area contributed by atoms with Crippen LogP contribution in [-0.4, -0.2) is 34.1 Å². The molecule has 27 heavy (non-hydrogen) atoms. The van der Waals surface area contributed by atoms with E-state index in [4.69, 9.17) is 9.72 Å². The van der Waals surface area contributed by atoms with Crippen LogP contribution in [0.5, 0.6) is 0 Å². The first-order valence-corrected chi connectivity index (χ1v) is 9.66. The van der Waals surface area contributed by atoms with E-state index < -0.39 is 0 Å². The summed E-state index contributed by atoms with van der Waals surface area (Å²) in [4.78, 5) is 26.2. The molecule has 1 atom stereocenters. The minimum atomic E-state index is -0.0365. The van der Waals surface area contributed by atoms with Crippen molar-refractivity contribution in [3.8, 4) is 11.4 Å². The van der Waals surface area contributed by atoms with Crippen LogP contribution in [0.2, 0.25) is 0 Å². The average Bonchev–Trinajstić information content (AvgIpc) is 2.68. The number of hydrogen-bond donors (Lipinski definition) is 1. The van der Waals surface area contributed by atoms with Gasteiger partial charge >= 0.3 is 0 Å². The van der Waals surface area contributed by atoms with Gasteiger partial charge in [0.2, 0.25) is 5.91 Å². The van der Waals surface area contributed by atoms with Crippen molar-refractivity contribution in [2.75, 3.05) is 13.2 Å². The maximum atomic E-state index is 12.8. The van der Waals surface area contributed by atoms with Gasteiger partial charge in [0.25, 0.3) is 0 Å². The molecule has 142 valence electrons. The summed E-state index contributed by atoms with van der Waals surface area (Å²) < 4.78 is 5.38. The molecule has 2 aromatic heterocycles. The van der Waals surface area contributed by atoms with Crippen LogP contribution in [0.3, 0.4) is 0 Å². The fourth-order valence-electron chi connectivity index (χ4n) is 4.07. The van der Waals surface area contributed by atoms with E-state index in [1.165, 1.54) is 0 Å². The molecule has 2 aliphatic rings. The van der Waals surface area contributed by atoms with Crippen LogP contribution in [0, 0.1) is 11.3 Å². The van der Waals surface area contributed by atoms with E-state index in [-0.39, 0.29) is 23.3 Å². The van der Waals surface area contributed by atoms with Crippen molar-refractivity contribution >= 4 is 5.91 Å². The fraction of sp³-hybridized carbons (Fsp3) is 0.524. The maximum Gasteiger partial charge on any atom is 0.223 e. The zero-order valence-corrected chi connectivity index (χ0v) is 15.9. The van der Waals surface area contributed by atoms with Gasteiger partial charge in [-0.3, -0.25) is 9.78 Å². The second-order valence-corrected chi connectivity index (χ2v) is 8.32. The summed E-state index contributed by atoms with van der Waals surface area (Å²) in [5.41, 5.74) is 3.11. The lowest BCUT2D eigenvalue weighted by Crippen LogP contribution is -2.41. The van der Waals surface area contributed by atoms with E-state index in [1.54, 1.807) is 12.4 Å². The lowest BCUT2D eigenvalue weighted by Gasteiger charge is -2.37. The highest BCUT2D eigenvalue weighted by atomic mass is 16.5. The lowest BCUT2D eigenvalue weighted by atomic mass is 9.74. The number of fused-ring (bicyclic) bond motifs is 1. The van der Waals surface area contributed by atoms with Crippen LogP contribution in [0.25, 0.3) is 11.4 Å². The van der Waals surface area contributed by atoms with Crippen LogP contribution >= 0.6 is 0 Å². The Balaban J connectivity index is 1.60. The molecular formula is C21H26N4O2. The molecule has 1 saturated heterocycles. The zero-order valence-electron chi connectivity index (χ0n) is 15.9. The number of hydrogen-bond acceptors (Lipinski definition) is 5. The highest BCUT2D eigenvalue weighted by Crippen LogP contribution is 2.40. The van der Waals surface area contributed by atoms with Gasteiger partial charge in [-0.1, -0.05) is 13.8 Å². The molecule has 1 aliphatic carbocycles. The van der Waals surface area contributed by atoms with Gasteiger partial charge in [0.1, 0.15) is 0 Å². The highest BCUT2D eigenvalue weighted by Gasteiger charge is 2.35. The molecule has 1 fully saturated rings. The van der Waals surface area contributed by atoms with E-state index in [1.807, 2.05) is 18.3 Å². The van der Waals surface area contributed by atoms with Crippen molar-refractivity contribution in [2.45, 2.75) is 45.6 Å². The molecule has 0 aromatic carbocycles. The minimum Gasteiger partial charge on any atom is -0.381 e. The third-order valence-electron chi connectivity index (χ3n) is 5.53. The van der Waals surface area contributed by atoms with Gasteiger partial charge in [0.15, 0.2) is 5.82 Å². The topological polar surface area (TPSA) is 77.0 Å². The van der Waals surface area contributed by atoms with Crippen LogP contribution in [0.4, 0.5) is 0 Å². The summed E-state index contributed by atoms with van der Waals surface area (Å²) in [5, 5.41) is 3.28. The maximum absolute atomic E-state index is 12.8. The number of amides is 1. The zero-order chi connectivity index (χ0) is 18.9. The second-order valence-electron chi connectivity index (χ2n) is 8.32. The van der Waals surface area contributed by atoms with E-state index in [0.29, 0.717) is 19.0 Å². The summed E-state index contributed by atoms with van der Waals surface area (Å²) in [6.07, 6.45) is 8.76. The average molecular weight is 366 g/mol. The predicted octanol–water partition coefficient (Wildman–Crippen LogP) is 3.09. The van der Waals surface area contributed by atoms with Crippen LogP contribution in [-0.2, 0) is 16.0 Å². The molecule has 3 heterocycles. The SMILES string of the molecule is CC1(C)Cc2nc(-c3ccncc3)ncc2[C@@H](NC(=O)C2CCOCC2)C1. The number of carbonyl (C=O) groups excluding carboxylic acids is 1. The summed E-state index contributed by atoms with van der Waals surface area (Å²) >= 11 is 0. The number of rotatable bonds is 3. The molecule has 1 aliphatic heterocycles. The summed E-state index contributed by atoms with van der Waals surface area (Å²) in [7, 11) is 0. The predicted molar refractivity (Wildman–Crippen MR) is 102 cm³/mol. The molecule has 0 saturated carbocycles. The van der Waals surface area contributed by atoms with Crippen LogP contribution in [0.1, 0.15) is 50.4 Å². The molecule has 4 rings (SSSR count). The third kappa shape index (κ3) is 4.00. The van der Waals surface area contributed by atoms with Crippen molar-refractivity contribution in [1.82, 2.24) is 20.3 Å². The van der Waals surface area contributed by atoms with Gasteiger partial charge in [-0.25, -0.2) is 9.97 Å². The molecular weight excluding hydrogens is 340 g/mol. The molecule has 1 amide bonds. The van der Waals surface area contributed by atoms with Crippen LogP contribution < -0.4 is 5.32 Å². The van der Waals surface area contributed by atoms with E-state index >= 15 is 0 Å². The van der Waals surface area contributed by atoms with Crippen molar-refractivity contribution < 1.29 is 9.53 Å². The van der Waals surface area contributed by atoms with Gasteiger partial charge in [-0.2, -0.15) is 0 Å². The Morgan fingerprint density at radius 2 is 1.96 bits per heavy atom. The van der Waals surface area contributed by atoms with Crippen LogP contribution in [0.15, 0.2) is 30.7 Å². The number of nitrogens with zero attached hydrogens (tertiary/aromatic N) is 3. The molecule has 0 spiro atoms. The number of ether oxygens (including phenoxy) is 1. The summed E-state index contributed by atoms with van der Waals surface area (Å²) in [6.45, 7) is 5.81. The Kier molecular flexibility index (Phi) is 4.91. The molecule has 6 heteroatoms. The number of nitrogens with one attached hydrogen (secondary N) is 1. The smallest absolute Gasteiger partial charge is 0.223 e. The van der Waals surface area contributed by atoms with E-state index in [2.05, 4.69) is 29.1 Å². The second kappa shape index (κ2) is 7.35. The highest BCUT2D eigenvalue weighted by molar-refractivity contribution is 5.79. The Labute approximate surface area is 159 Å². The Morgan fingerprint density at radius 1 is 1.22 bits per heavy atom. The normalized spacial score (nSPS) is 22.1. The van der Waals surface area contributed by atoms with Gasteiger partial charge in [0, 0.05) is 48.8 Å². The van der Waals surface area contributed by atoms with Gasteiger partial charge in [-0.05, 0) is 43.2 Å². The van der Waals surface area contributed by atoms with Crippen molar-refractivity contribution in [3.05, 3.63) is 42.0 Å². The molecule has 6 nitrogen and oxygen atoms in total. The number of aromatic nitrogens is 3. The minimum absolute atomic E-state index is 0.0365. The number of carbonyl (C=O) groups is 1. The monoisotopic (exact) mass is 366 g/mol. The fourth-order valence-corrected chi connectivity index (χ4v) is 4.07. The third-order valence-corrected chi connectivity index (χ3v) is 5.53. The van der Waals surface area contributed by atoms with Gasteiger partial charge in [0.05, 0.1) is 11.7 Å². The molecule has 0 radical (unpaired) electrons. The molecule has 0 bridgehead atoms. The van der Waals surface area contributed by atoms with E-state index in [0.717, 1.165) is 42.5 Å². The Morgan fingerprint density at radius 3 is 2.70 bits per heavy atom. The Hall–Kier alpha value is -2.34. The van der Waals surface area contributed by atoms with Gasteiger partial charge < -0.3 is 10.1 Å². The Bertz CT molecular complexity index is 816. The first-order chi connectivity index (χ1) is 13.0. The lowest BCUT2D eigenvalue weighted by molar-refractivity contribution is -0.128. The molecule has 2 aromatic rings. The summed E-state index contributed by atoms with van der Waals surface area (Å²) in [6, 6.07) is 3.80. The number of pyridine rings is 1. The first kappa shape index (κ1) is 18.0. The molecule has 1 N–H and O–H groups in total. The summed E-state index contributed by atoms with van der Waals surface area (Å²) in [5.74, 6) is 0.887. The van der Waals surface area contributed by atoms with Crippen molar-refractivity contribution in [2.24, 2.45) is 11.3 Å². The standard InChI is InChI=1S/C21H26N4O2/c1-21(2)11-17-16(13-23-19(24-17)14-3-7-22-8-4-14)18(12-21)25-20(26)15-5-9-27-10-6-15/h3-4,7-8,13,15,18H,5-6,9-12H2,1-2H3,(H,25,26)/t18-/m0/s1. The van der Waals surface area contributed by atoms with E-state index in [9.17, 15) is 4.79 Å². The largest absolute Gasteiger partial charge is 0.381 e. The molecule has 0 unspecified atom stereocenters. The quantitative estimate of drug-likeness (QED) is 0.903. The van der Waals surface area contributed by atoms with Crippen molar-refractivity contribution in [1.29, 1.82) is 0 Å². The first-order valence-electron chi connectivity index (χ1n) is 9.66.